The van der Waals surface area contributed by atoms with Crippen molar-refractivity contribution < 1.29 is 9.05 Å². The molecule has 0 aliphatic rings. The van der Waals surface area contributed by atoms with Gasteiger partial charge >= 0.3 is 0 Å². The molecule has 0 heterocycles. The monoisotopic (exact) mass is 400 g/mol. The van der Waals surface area contributed by atoms with E-state index < -0.39 is 6.49 Å². The van der Waals surface area contributed by atoms with Crippen molar-refractivity contribution in [3.63, 3.8) is 0 Å². The SMILES string of the molecule is COP(=S)(Oc1c(Cl)c(Cl)cc(Cl)c1Cl)c1ccccc1. The summed E-state index contributed by atoms with van der Waals surface area (Å²) in [5.41, 5.74) is 0. The van der Waals surface area contributed by atoms with Crippen LogP contribution in [0.2, 0.25) is 20.1 Å². The Balaban J connectivity index is 2.52. The van der Waals surface area contributed by atoms with Crippen LogP contribution in [0.3, 0.4) is 0 Å². The Labute approximate surface area is 148 Å². The van der Waals surface area contributed by atoms with Crippen LogP contribution in [0.15, 0.2) is 36.4 Å². The van der Waals surface area contributed by atoms with E-state index >= 15 is 0 Å². The smallest absolute Gasteiger partial charge is 0.268 e. The zero-order chi connectivity index (χ0) is 15.6. The molecule has 0 radical (unpaired) electrons. The zero-order valence-electron chi connectivity index (χ0n) is 10.6. The summed E-state index contributed by atoms with van der Waals surface area (Å²) in [7, 11) is 1.47. The van der Waals surface area contributed by atoms with Gasteiger partial charge in [0.05, 0.1) is 10.0 Å². The van der Waals surface area contributed by atoms with Gasteiger partial charge in [0.25, 0.3) is 6.49 Å². The molecule has 0 saturated carbocycles. The first-order chi connectivity index (χ1) is 9.89. The van der Waals surface area contributed by atoms with Gasteiger partial charge < -0.3 is 9.05 Å². The van der Waals surface area contributed by atoms with Crippen molar-refractivity contribution >= 4 is 70.0 Å². The molecule has 2 nitrogen and oxygen atoms in total. The second-order valence-corrected chi connectivity index (χ2v) is 8.98. The highest BCUT2D eigenvalue weighted by Crippen LogP contribution is 2.53. The Hall–Kier alpha value is 0.01000. The van der Waals surface area contributed by atoms with Gasteiger partial charge in [-0.25, -0.2) is 0 Å². The van der Waals surface area contributed by atoms with Gasteiger partial charge in [-0.1, -0.05) is 64.6 Å². The summed E-state index contributed by atoms with van der Waals surface area (Å²) in [5.74, 6) is 0.130. The highest BCUT2D eigenvalue weighted by Gasteiger charge is 2.26. The Morgan fingerprint density at radius 2 is 1.48 bits per heavy atom. The van der Waals surface area contributed by atoms with Crippen LogP contribution < -0.4 is 9.83 Å². The van der Waals surface area contributed by atoms with Crippen molar-refractivity contribution in [2.24, 2.45) is 0 Å². The third-order valence-corrected chi connectivity index (χ3v) is 7.27. The number of halogens is 4. The quantitative estimate of drug-likeness (QED) is 0.465. The first kappa shape index (κ1) is 17.4. The van der Waals surface area contributed by atoms with Gasteiger partial charge in [0.1, 0.15) is 10.0 Å². The molecular formula is C13H9Cl4O2PS. The van der Waals surface area contributed by atoms with Crippen LogP contribution in [0.1, 0.15) is 0 Å². The van der Waals surface area contributed by atoms with Crippen LogP contribution in [0, 0.1) is 0 Å². The van der Waals surface area contributed by atoms with E-state index in [1.165, 1.54) is 13.2 Å². The van der Waals surface area contributed by atoms with Crippen LogP contribution in [0.4, 0.5) is 0 Å². The minimum atomic E-state index is -2.82. The van der Waals surface area contributed by atoms with Crippen molar-refractivity contribution in [3.8, 4) is 5.75 Å². The highest BCUT2D eigenvalue weighted by molar-refractivity contribution is 8.13. The van der Waals surface area contributed by atoms with Gasteiger partial charge in [0, 0.05) is 12.4 Å². The van der Waals surface area contributed by atoms with Crippen molar-refractivity contribution in [1.82, 2.24) is 0 Å². The minimum Gasteiger partial charge on any atom is -0.437 e. The maximum atomic E-state index is 6.14. The third kappa shape index (κ3) is 3.68. The summed E-state index contributed by atoms with van der Waals surface area (Å²) in [6.45, 7) is -2.82. The second kappa shape index (κ2) is 7.06. The maximum Gasteiger partial charge on any atom is 0.268 e. The molecule has 0 amide bonds. The van der Waals surface area contributed by atoms with E-state index in [0.29, 0.717) is 0 Å². The zero-order valence-corrected chi connectivity index (χ0v) is 15.4. The molecule has 0 saturated heterocycles. The molecule has 0 fully saturated rings. The summed E-state index contributed by atoms with van der Waals surface area (Å²) in [6.07, 6.45) is 0. The summed E-state index contributed by atoms with van der Waals surface area (Å²) in [5, 5.41) is 1.48. The predicted molar refractivity (Wildman–Crippen MR) is 94.5 cm³/mol. The molecule has 0 bridgehead atoms. The molecule has 0 spiro atoms. The van der Waals surface area contributed by atoms with Gasteiger partial charge in [-0.3, -0.25) is 0 Å². The fourth-order valence-electron chi connectivity index (χ4n) is 1.56. The van der Waals surface area contributed by atoms with E-state index in [-0.39, 0.29) is 25.8 Å². The van der Waals surface area contributed by atoms with Crippen LogP contribution in [-0.2, 0) is 16.3 Å². The van der Waals surface area contributed by atoms with Gasteiger partial charge in [0.2, 0.25) is 0 Å². The molecule has 0 aromatic heterocycles. The lowest BCUT2D eigenvalue weighted by molar-refractivity contribution is 0.402. The molecule has 0 aliphatic heterocycles. The topological polar surface area (TPSA) is 18.5 Å². The molecule has 1 atom stereocenters. The maximum absolute atomic E-state index is 6.14. The number of benzene rings is 2. The Kier molecular flexibility index (Phi) is 5.84. The fourth-order valence-corrected chi connectivity index (χ4v) is 4.47. The highest BCUT2D eigenvalue weighted by atomic mass is 35.5. The van der Waals surface area contributed by atoms with Crippen LogP contribution in [0.5, 0.6) is 5.75 Å². The minimum absolute atomic E-state index is 0.130. The first-order valence-electron chi connectivity index (χ1n) is 5.63. The van der Waals surface area contributed by atoms with E-state index in [9.17, 15) is 0 Å². The van der Waals surface area contributed by atoms with Crippen LogP contribution >= 0.6 is 52.9 Å². The second-order valence-electron chi connectivity index (χ2n) is 3.90. The third-order valence-electron chi connectivity index (χ3n) is 2.60. The largest absolute Gasteiger partial charge is 0.437 e. The molecule has 112 valence electrons. The van der Waals surface area contributed by atoms with Gasteiger partial charge in [-0.2, -0.15) is 0 Å². The first-order valence-corrected chi connectivity index (χ1v) is 9.78. The van der Waals surface area contributed by atoms with Crippen molar-refractivity contribution in [2.45, 2.75) is 0 Å². The summed E-state index contributed by atoms with van der Waals surface area (Å²) < 4.78 is 11.2. The average Bonchev–Trinajstić information content (AvgIpc) is 2.50. The van der Waals surface area contributed by atoms with Gasteiger partial charge in [-0.15, -0.1) is 0 Å². The Morgan fingerprint density at radius 1 is 0.952 bits per heavy atom. The van der Waals surface area contributed by atoms with E-state index in [2.05, 4.69) is 0 Å². The molecule has 21 heavy (non-hydrogen) atoms. The van der Waals surface area contributed by atoms with E-state index in [0.717, 1.165) is 5.30 Å². The van der Waals surface area contributed by atoms with Gasteiger partial charge in [0.15, 0.2) is 5.75 Å². The Bertz CT molecular complexity index is 683. The molecule has 2 rings (SSSR count). The van der Waals surface area contributed by atoms with Crippen molar-refractivity contribution in [1.29, 1.82) is 0 Å². The number of hydrogen-bond donors (Lipinski definition) is 0. The summed E-state index contributed by atoms with van der Waals surface area (Å²) >= 11 is 29.8. The average molecular weight is 402 g/mol. The molecule has 2 aromatic carbocycles. The lowest BCUT2D eigenvalue weighted by Crippen LogP contribution is -2.11. The van der Waals surface area contributed by atoms with Crippen LogP contribution in [0.25, 0.3) is 0 Å². The lowest BCUT2D eigenvalue weighted by atomic mass is 10.3. The van der Waals surface area contributed by atoms with E-state index in [1.807, 2.05) is 30.3 Å². The molecule has 0 aliphatic carbocycles. The molecule has 8 heteroatoms. The van der Waals surface area contributed by atoms with Crippen molar-refractivity contribution in [3.05, 3.63) is 56.5 Å². The molecule has 0 N–H and O–H groups in total. The standard InChI is InChI=1S/C13H9Cl4O2PS/c1-18-20(21,8-5-3-2-4-6-8)19-13-11(16)9(14)7-10(15)12(13)17/h2-7H,1H3. The number of hydrogen-bond acceptors (Lipinski definition) is 3. The molecule has 2 aromatic rings. The van der Waals surface area contributed by atoms with Crippen LogP contribution in [-0.4, -0.2) is 7.11 Å². The lowest BCUT2D eigenvalue weighted by Gasteiger charge is -2.23. The normalized spacial score (nSPS) is 13.8. The molecule has 1 unspecified atom stereocenters. The van der Waals surface area contributed by atoms with E-state index in [1.54, 1.807) is 0 Å². The fraction of sp³-hybridized carbons (Fsp3) is 0.0769. The summed E-state index contributed by atoms with van der Waals surface area (Å²) in [6, 6.07) is 10.6. The number of rotatable bonds is 4. The van der Waals surface area contributed by atoms with Crippen molar-refractivity contribution in [2.75, 3.05) is 7.11 Å². The Morgan fingerprint density at radius 3 is 1.95 bits per heavy atom. The summed E-state index contributed by atoms with van der Waals surface area (Å²) in [4.78, 5) is 0. The van der Waals surface area contributed by atoms with E-state index in [4.69, 9.17) is 67.3 Å². The molecular weight excluding hydrogens is 393 g/mol. The predicted octanol–water partition coefficient (Wildman–Crippen LogP) is 5.96. The van der Waals surface area contributed by atoms with Gasteiger partial charge in [-0.05, 0) is 30.0 Å².